The predicted octanol–water partition coefficient (Wildman–Crippen LogP) is 5.98. The summed E-state index contributed by atoms with van der Waals surface area (Å²) in [6.07, 6.45) is 0. The molecule has 0 aliphatic carbocycles. The molecule has 2 heterocycles. The summed E-state index contributed by atoms with van der Waals surface area (Å²) in [7, 11) is 0. The Labute approximate surface area is 241 Å². The summed E-state index contributed by atoms with van der Waals surface area (Å²) in [5.74, 6) is 0.592. The van der Waals surface area contributed by atoms with E-state index in [1.165, 1.54) is 11.8 Å². The number of ether oxygens (including phenoxy) is 2. The van der Waals surface area contributed by atoms with E-state index in [-0.39, 0.29) is 30.9 Å². The van der Waals surface area contributed by atoms with E-state index < -0.39 is 6.04 Å². The fourth-order valence-corrected chi connectivity index (χ4v) is 5.34. The zero-order valence-electron chi connectivity index (χ0n) is 22.0. The average Bonchev–Trinajstić information content (AvgIpc) is 3.40. The number of benzene rings is 3. The van der Waals surface area contributed by atoms with Crippen LogP contribution in [0.5, 0.6) is 11.5 Å². The van der Waals surface area contributed by atoms with E-state index in [1.807, 2.05) is 50.2 Å². The SMILES string of the molecule is Cc1cc(C)nc(SCC(=O)N(Cc2ccccc2)[C@H](C(=O)Nc2ccc3c(c2)OCO3)c2ccc(Cl)cc2)n1. The quantitative estimate of drug-likeness (QED) is 0.194. The molecule has 204 valence electrons. The minimum atomic E-state index is -0.948. The highest BCUT2D eigenvalue weighted by Gasteiger charge is 2.32. The van der Waals surface area contributed by atoms with Crippen molar-refractivity contribution in [3.05, 3.63) is 106 Å². The van der Waals surface area contributed by atoms with Crippen molar-refractivity contribution in [3.63, 3.8) is 0 Å². The Bertz CT molecular complexity index is 1500. The first kappa shape index (κ1) is 27.5. The molecule has 10 heteroatoms. The van der Waals surface area contributed by atoms with Crippen LogP contribution in [-0.4, -0.2) is 39.2 Å². The average molecular weight is 575 g/mol. The zero-order valence-corrected chi connectivity index (χ0v) is 23.5. The lowest BCUT2D eigenvalue weighted by molar-refractivity contribution is -0.137. The minimum absolute atomic E-state index is 0.0527. The Balaban J connectivity index is 1.47. The molecule has 40 heavy (non-hydrogen) atoms. The molecule has 0 unspecified atom stereocenters. The van der Waals surface area contributed by atoms with Gasteiger partial charge >= 0.3 is 0 Å². The summed E-state index contributed by atoms with van der Waals surface area (Å²) in [6, 6.07) is 22.6. The van der Waals surface area contributed by atoms with E-state index >= 15 is 0 Å². The van der Waals surface area contributed by atoms with Crippen LogP contribution in [0.4, 0.5) is 5.69 Å². The number of halogens is 1. The minimum Gasteiger partial charge on any atom is -0.454 e. The molecular formula is C30H27ClN4O4S. The van der Waals surface area contributed by atoms with Crippen LogP contribution >= 0.6 is 23.4 Å². The molecule has 0 fully saturated rings. The highest BCUT2D eigenvalue weighted by molar-refractivity contribution is 7.99. The molecule has 0 spiro atoms. The second-order valence-electron chi connectivity index (χ2n) is 9.24. The number of hydrogen-bond acceptors (Lipinski definition) is 7. The van der Waals surface area contributed by atoms with Crippen LogP contribution in [0.3, 0.4) is 0 Å². The largest absolute Gasteiger partial charge is 0.454 e. The Kier molecular flexibility index (Phi) is 8.52. The first-order valence-corrected chi connectivity index (χ1v) is 14.0. The molecule has 8 nitrogen and oxygen atoms in total. The number of nitrogens with one attached hydrogen (secondary N) is 1. The zero-order chi connectivity index (χ0) is 28.1. The standard InChI is InChI=1S/C30H27ClN4O4S/c1-19-14-20(2)33-30(32-19)40-17-27(36)35(16-21-6-4-3-5-7-21)28(22-8-10-23(31)11-9-22)29(37)34-24-12-13-25-26(15-24)39-18-38-25/h3-15,28H,16-18H2,1-2H3,(H,34,37)/t28-/m0/s1. The number of anilines is 1. The summed E-state index contributed by atoms with van der Waals surface area (Å²) < 4.78 is 10.9. The number of aryl methyl sites for hydroxylation is 2. The van der Waals surface area contributed by atoms with Gasteiger partial charge in [-0.3, -0.25) is 9.59 Å². The summed E-state index contributed by atoms with van der Waals surface area (Å²) in [4.78, 5) is 38.3. The van der Waals surface area contributed by atoms with E-state index in [9.17, 15) is 9.59 Å². The van der Waals surface area contributed by atoms with Gasteiger partial charge in [0.15, 0.2) is 16.7 Å². The van der Waals surface area contributed by atoms with Crippen LogP contribution in [0.1, 0.15) is 28.6 Å². The normalized spacial score (nSPS) is 12.6. The maximum absolute atomic E-state index is 14.0. The number of fused-ring (bicyclic) bond motifs is 1. The number of carbonyl (C=O) groups is 2. The Morgan fingerprint density at radius 3 is 2.38 bits per heavy atom. The van der Waals surface area contributed by atoms with Crippen molar-refractivity contribution in [1.82, 2.24) is 14.9 Å². The summed E-state index contributed by atoms with van der Waals surface area (Å²) in [5, 5.41) is 4.00. The maximum Gasteiger partial charge on any atom is 0.251 e. The lowest BCUT2D eigenvalue weighted by atomic mass is 10.0. The van der Waals surface area contributed by atoms with Crippen molar-refractivity contribution in [1.29, 1.82) is 0 Å². The molecule has 3 aromatic carbocycles. The third kappa shape index (κ3) is 6.73. The van der Waals surface area contributed by atoms with Gasteiger partial charge in [-0.2, -0.15) is 0 Å². The van der Waals surface area contributed by atoms with Crippen LogP contribution in [0.15, 0.2) is 84.0 Å². The van der Waals surface area contributed by atoms with Crippen LogP contribution in [0.2, 0.25) is 5.02 Å². The van der Waals surface area contributed by atoms with Crippen molar-refractivity contribution in [2.75, 3.05) is 17.9 Å². The molecule has 1 aromatic heterocycles. The lowest BCUT2D eigenvalue weighted by Gasteiger charge is -2.31. The van der Waals surface area contributed by atoms with Gasteiger partial charge in [-0.25, -0.2) is 9.97 Å². The Morgan fingerprint density at radius 2 is 1.65 bits per heavy atom. The first-order chi connectivity index (χ1) is 19.4. The van der Waals surface area contributed by atoms with Gasteiger partial charge in [-0.15, -0.1) is 0 Å². The molecule has 1 N–H and O–H groups in total. The van der Waals surface area contributed by atoms with Crippen molar-refractivity contribution in [2.24, 2.45) is 0 Å². The molecule has 1 aliphatic heterocycles. The van der Waals surface area contributed by atoms with Crippen LogP contribution in [-0.2, 0) is 16.1 Å². The molecular weight excluding hydrogens is 548 g/mol. The molecule has 1 atom stereocenters. The van der Waals surface area contributed by atoms with E-state index in [2.05, 4.69) is 15.3 Å². The van der Waals surface area contributed by atoms with Gasteiger partial charge in [0.1, 0.15) is 6.04 Å². The monoisotopic (exact) mass is 574 g/mol. The van der Waals surface area contributed by atoms with E-state index in [1.54, 1.807) is 47.4 Å². The molecule has 1 aliphatic rings. The predicted molar refractivity (Wildman–Crippen MR) is 155 cm³/mol. The number of aromatic nitrogens is 2. The number of rotatable bonds is 9. The summed E-state index contributed by atoms with van der Waals surface area (Å²) in [5.41, 5.74) is 3.69. The molecule has 5 rings (SSSR count). The summed E-state index contributed by atoms with van der Waals surface area (Å²) >= 11 is 7.41. The maximum atomic E-state index is 14.0. The van der Waals surface area contributed by atoms with Gasteiger partial charge in [-0.1, -0.05) is 65.8 Å². The fraction of sp³-hybridized carbons (Fsp3) is 0.200. The third-order valence-corrected chi connectivity index (χ3v) is 7.27. The van der Waals surface area contributed by atoms with Gasteiger partial charge in [0.05, 0.1) is 5.75 Å². The van der Waals surface area contributed by atoms with Crippen LogP contribution in [0, 0.1) is 13.8 Å². The topological polar surface area (TPSA) is 93.7 Å². The van der Waals surface area contributed by atoms with Crippen molar-refractivity contribution >= 4 is 40.9 Å². The van der Waals surface area contributed by atoms with Crippen molar-refractivity contribution < 1.29 is 19.1 Å². The molecule has 2 amide bonds. The van der Waals surface area contributed by atoms with Gasteiger partial charge in [0, 0.05) is 34.7 Å². The van der Waals surface area contributed by atoms with E-state index in [0.29, 0.717) is 32.9 Å². The van der Waals surface area contributed by atoms with E-state index in [0.717, 1.165) is 17.0 Å². The second-order valence-corrected chi connectivity index (χ2v) is 10.6. The molecule has 0 bridgehead atoms. The fourth-order valence-electron chi connectivity index (χ4n) is 4.37. The lowest BCUT2D eigenvalue weighted by Crippen LogP contribution is -2.41. The number of nitrogens with zero attached hydrogens (tertiary/aromatic N) is 3. The van der Waals surface area contributed by atoms with Crippen LogP contribution in [0.25, 0.3) is 0 Å². The highest BCUT2D eigenvalue weighted by atomic mass is 35.5. The highest BCUT2D eigenvalue weighted by Crippen LogP contribution is 2.35. The number of amides is 2. The first-order valence-electron chi connectivity index (χ1n) is 12.6. The van der Waals surface area contributed by atoms with Gasteiger partial charge < -0.3 is 19.7 Å². The Morgan fingerprint density at radius 1 is 0.950 bits per heavy atom. The van der Waals surface area contributed by atoms with Crippen molar-refractivity contribution in [3.8, 4) is 11.5 Å². The van der Waals surface area contributed by atoms with Gasteiger partial charge in [0.25, 0.3) is 5.91 Å². The number of thioether (sulfide) groups is 1. The molecule has 0 radical (unpaired) electrons. The molecule has 0 saturated carbocycles. The summed E-state index contributed by atoms with van der Waals surface area (Å²) in [6.45, 7) is 4.12. The number of hydrogen-bond donors (Lipinski definition) is 1. The van der Waals surface area contributed by atoms with Gasteiger partial charge in [0.2, 0.25) is 12.7 Å². The Hall–Kier alpha value is -4.08. The van der Waals surface area contributed by atoms with Gasteiger partial charge in [-0.05, 0) is 55.3 Å². The van der Waals surface area contributed by atoms with Crippen molar-refractivity contribution in [2.45, 2.75) is 31.6 Å². The van der Waals surface area contributed by atoms with Crippen LogP contribution < -0.4 is 14.8 Å². The number of carbonyl (C=O) groups excluding carboxylic acids is 2. The molecule has 4 aromatic rings. The third-order valence-electron chi connectivity index (χ3n) is 6.19. The smallest absolute Gasteiger partial charge is 0.251 e. The second kappa shape index (κ2) is 12.4. The van der Waals surface area contributed by atoms with E-state index in [4.69, 9.17) is 21.1 Å². The molecule has 0 saturated heterocycles.